The Balaban J connectivity index is 1.50. The summed E-state index contributed by atoms with van der Waals surface area (Å²) in [6.45, 7) is 1.97. The molecule has 0 atom stereocenters. The number of piperidine rings is 1. The van der Waals surface area contributed by atoms with E-state index in [0.29, 0.717) is 17.9 Å². The second-order valence-corrected chi connectivity index (χ2v) is 6.24. The van der Waals surface area contributed by atoms with E-state index in [4.69, 9.17) is 0 Å². The number of aromatic nitrogens is 2. The van der Waals surface area contributed by atoms with Gasteiger partial charge in [-0.3, -0.25) is 4.90 Å². The van der Waals surface area contributed by atoms with E-state index in [1.807, 2.05) is 0 Å². The Hall–Kier alpha value is -2.29. The van der Waals surface area contributed by atoms with Gasteiger partial charge in [-0.1, -0.05) is 6.07 Å². The molecule has 1 aromatic carbocycles. The van der Waals surface area contributed by atoms with Gasteiger partial charge in [0.15, 0.2) is 17.3 Å². The number of rotatable bonds is 4. The summed E-state index contributed by atoms with van der Waals surface area (Å²) in [7, 11) is 0. The van der Waals surface area contributed by atoms with Crippen molar-refractivity contribution in [3.63, 3.8) is 0 Å². The second kappa shape index (κ2) is 7.53. The molecule has 0 radical (unpaired) electrons. The van der Waals surface area contributed by atoms with Crippen molar-refractivity contribution >= 4 is 5.82 Å². The van der Waals surface area contributed by atoms with Gasteiger partial charge in [-0.25, -0.2) is 8.78 Å². The summed E-state index contributed by atoms with van der Waals surface area (Å²) in [5, 5.41) is 9.84. The van der Waals surface area contributed by atoms with Crippen molar-refractivity contribution in [3.05, 3.63) is 53.2 Å². The number of halogens is 5. The molecule has 1 N–H and O–H groups in total. The van der Waals surface area contributed by atoms with Crippen LogP contribution < -0.4 is 5.32 Å². The summed E-state index contributed by atoms with van der Waals surface area (Å²) in [6, 6.07) is 6.10. The Labute approximate surface area is 147 Å². The number of likely N-dealkylation sites (tertiary alicyclic amines) is 1. The zero-order chi connectivity index (χ0) is 18.7. The molecule has 0 bridgehead atoms. The quantitative estimate of drug-likeness (QED) is 0.828. The SMILES string of the molecule is Fc1ccc(CN2CCC(Nc3ccc(C(F)(F)F)nn3)CC2)cc1F. The number of benzene rings is 1. The molecule has 0 amide bonds. The normalized spacial score (nSPS) is 16.7. The Morgan fingerprint density at radius 2 is 1.73 bits per heavy atom. The molecule has 0 spiro atoms. The molecule has 1 aliphatic heterocycles. The average molecular weight is 372 g/mol. The van der Waals surface area contributed by atoms with Gasteiger partial charge in [-0.2, -0.15) is 13.2 Å². The lowest BCUT2D eigenvalue weighted by molar-refractivity contribution is -0.141. The van der Waals surface area contributed by atoms with E-state index in [2.05, 4.69) is 20.4 Å². The second-order valence-electron chi connectivity index (χ2n) is 6.24. The minimum atomic E-state index is -4.50. The molecular formula is C17H17F5N4. The van der Waals surface area contributed by atoms with Crippen LogP contribution in [0.5, 0.6) is 0 Å². The first-order chi connectivity index (χ1) is 12.3. The molecule has 0 saturated carbocycles. The van der Waals surface area contributed by atoms with Gasteiger partial charge in [0.05, 0.1) is 0 Å². The third kappa shape index (κ3) is 4.66. The molecule has 4 nitrogen and oxygen atoms in total. The lowest BCUT2D eigenvalue weighted by atomic mass is 10.0. The third-order valence-corrected chi connectivity index (χ3v) is 4.28. The van der Waals surface area contributed by atoms with Gasteiger partial charge in [0.25, 0.3) is 0 Å². The van der Waals surface area contributed by atoms with E-state index in [0.717, 1.165) is 38.1 Å². The Kier molecular flexibility index (Phi) is 5.36. The number of hydrogen-bond acceptors (Lipinski definition) is 4. The highest BCUT2D eigenvalue weighted by atomic mass is 19.4. The third-order valence-electron chi connectivity index (χ3n) is 4.28. The highest BCUT2D eigenvalue weighted by molar-refractivity contribution is 5.34. The molecule has 2 heterocycles. The van der Waals surface area contributed by atoms with Crippen LogP contribution in [0.25, 0.3) is 0 Å². The monoisotopic (exact) mass is 372 g/mol. The van der Waals surface area contributed by atoms with Gasteiger partial charge in [-0.15, -0.1) is 10.2 Å². The van der Waals surface area contributed by atoms with Gasteiger partial charge >= 0.3 is 6.18 Å². The van der Waals surface area contributed by atoms with Gasteiger partial charge in [0, 0.05) is 25.7 Å². The highest BCUT2D eigenvalue weighted by Crippen LogP contribution is 2.27. The van der Waals surface area contributed by atoms with E-state index in [1.54, 1.807) is 6.07 Å². The summed E-state index contributed by atoms with van der Waals surface area (Å²) in [5.41, 5.74) is -0.326. The summed E-state index contributed by atoms with van der Waals surface area (Å²) < 4.78 is 63.6. The molecule has 140 valence electrons. The lowest BCUT2D eigenvalue weighted by Gasteiger charge is -2.32. The summed E-state index contributed by atoms with van der Waals surface area (Å²) in [4.78, 5) is 2.11. The number of hydrogen-bond donors (Lipinski definition) is 1. The van der Waals surface area contributed by atoms with Gasteiger partial charge in [0.2, 0.25) is 0 Å². The molecule has 1 aromatic heterocycles. The maximum atomic E-state index is 13.3. The van der Waals surface area contributed by atoms with Gasteiger partial charge in [0.1, 0.15) is 5.82 Å². The summed E-state index contributed by atoms with van der Waals surface area (Å²) >= 11 is 0. The van der Waals surface area contributed by atoms with Crippen molar-refractivity contribution in [3.8, 4) is 0 Å². The Morgan fingerprint density at radius 3 is 2.31 bits per heavy atom. The smallest absolute Gasteiger partial charge is 0.366 e. The molecule has 3 rings (SSSR count). The first-order valence-electron chi connectivity index (χ1n) is 8.15. The van der Waals surface area contributed by atoms with E-state index >= 15 is 0 Å². The van der Waals surface area contributed by atoms with Gasteiger partial charge in [-0.05, 0) is 42.7 Å². The summed E-state index contributed by atoms with van der Waals surface area (Å²) in [5.74, 6) is -1.42. The zero-order valence-corrected chi connectivity index (χ0v) is 13.7. The first kappa shape index (κ1) is 18.5. The van der Waals surface area contributed by atoms with Crippen molar-refractivity contribution in [2.24, 2.45) is 0 Å². The fourth-order valence-corrected chi connectivity index (χ4v) is 2.90. The maximum absolute atomic E-state index is 13.3. The molecule has 26 heavy (non-hydrogen) atoms. The zero-order valence-electron chi connectivity index (χ0n) is 13.7. The van der Waals surface area contributed by atoms with E-state index in [9.17, 15) is 22.0 Å². The van der Waals surface area contributed by atoms with E-state index in [-0.39, 0.29) is 6.04 Å². The van der Waals surface area contributed by atoms with Crippen molar-refractivity contribution in [1.29, 1.82) is 0 Å². The molecule has 1 aliphatic rings. The topological polar surface area (TPSA) is 41.0 Å². The van der Waals surface area contributed by atoms with Gasteiger partial charge < -0.3 is 5.32 Å². The molecular weight excluding hydrogens is 355 g/mol. The minimum Gasteiger partial charge on any atom is -0.366 e. The Morgan fingerprint density at radius 1 is 1.00 bits per heavy atom. The van der Waals surface area contributed by atoms with Crippen LogP contribution in [0.4, 0.5) is 27.8 Å². The standard InChI is InChI=1S/C17H17F5N4/c18-13-2-1-11(9-14(13)19)10-26-7-5-12(6-8-26)23-16-4-3-15(24-25-16)17(20,21)22/h1-4,9,12H,5-8,10H2,(H,23,25). The largest absolute Gasteiger partial charge is 0.435 e. The van der Waals surface area contributed by atoms with Crippen LogP contribution >= 0.6 is 0 Å². The number of nitrogens with zero attached hydrogens (tertiary/aromatic N) is 3. The molecule has 9 heteroatoms. The minimum absolute atomic E-state index is 0.0715. The van der Waals surface area contributed by atoms with E-state index in [1.165, 1.54) is 12.1 Å². The number of alkyl halides is 3. The predicted molar refractivity (Wildman–Crippen MR) is 85.3 cm³/mol. The molecule has 1 saturated heterocycles. The van der Waals surface area contributed by atoms with Crippen LogP contribution in [0, 0.1) is 11.6 Å². The fourth-order valence-electron chi connectivity index (χ4n) is 2.90. The predicted octanol–water partition coefficient (Wildman–Crippen LogP) is 3.85. The highest BCUT2D eigenvalue weighted by Gasteiger charge is 2.33. The maximum Gasteiger partial charge on any atom is 0.435 e. The molecule has 2 aromatic rings. The molecule has 0 aliphatic carbocycles. The van der Waals surface area contributed by atoms with Crippen LogP contribution in [0.2, 0.25) is 0 Å². The van der Waals surface area contributed by atoms with Crippen LogP contribution in [0.3, 0.4) is 0 Å². The number of nitrogens with one attached hydrogen (secondary N) is 1. The average Bonchev–Trinajstić information content (AvgIpc) is 2.60. The first-order valence-corrected chi connectivity index (χ1v) is 8.15. The van der Waals surface area contributed by atoms with Crippen LogP contribution in [-0.4, -0.2) is 34.2 Å². The van der Waals surface area contributed by atoms with Crippen LogP contribution in [0.15, 0.2) is 30.3 Å². The number of anilines is 1. The molecule has 1 fully saturated rings. The molecule has 0 unspecified atom stereocenters. The Bertz CT molecular complexity index is 740. The van der Waals surface area contributed by atoms with Crippen LogP contribution in [-0.2, 0) is 12.7 Å². The van der Waals surface area contributed by atoms with Crippen molar-refractivity contribution < 1.29 is 22.0 Å². The van der Waals surface area contributed by atoms with Crippen molar-refractivity contribution in [1.82, 2.24) is 15.1 Å². The summed E-state index contributed by atoms with van der Waals surface area (Å²) in [6.07, 6.45) is -2.99. The fraction of sp³-hybridized carbons (Fsp3) is 0.412. The lowest BCUT2D eigenvalue weighted by Crippen LogP contribution is -2.38. The van der Waals surface area contributed by atoms with E-state index < -0.39 is 23.5 Å². The van der Waals surface area contributed by atoms with Crippen LogP contribution in [0.1, 0.15) is 24.1 Å². The van der Waals surface area contributed by atoms with Crippen molar-refractivity contribution in [2.75, 3.05) is 18.4 Å². The van der Waals surface area contributed by atoms with Crippen molar-refractivity contribution in [2.45, 2.75) is 31.6 Å².